The van der Waals surface area contributed by atoms with Crippen molar-refractivity contribution in [2.45, 2.75) is 0 Å². The van der Waals surface area contributed by atoms with Crippen LogP contribution in [0.4, 0.5) is 0 Å². The van der Waals surface area contributed by atoms with E-state index in [1.54, 1.807) is 11.3 Å². The topological polar surface area (TPSA) is 38.7 Å². The Morgan fingerprint density at radius 3 is 1.29 bits per heavy atom. The van der Waals surface area contributed by atoms with Crippen LogP contribution in [0.3, 0.4) is 0 Å². The Labute approximate surface area is 483 Å². The smallest absolute Gasteiger partial charge is 0.305 e. The standard InChI is InChI=1S/C75H46N3S.Ir/c1-2-16-50(17-3-1)51-28-30-54(31-29-51)70-49-57(73-43-42-69-68-24-10-11-27-74(68)79-75(69)78-73)40-41-67(70)66-23-9-8-22-65(66)60-47-58(63-20-6-4-18-61(63)52-32-36-55(37-33-52)71-25-12-14-44-76-71)46-59(48-60)64-21-7-5-19-62(64)53-34-38-56(39-35-53)72-26-13-15-45-77-72;/h1-36,38,41-49H;/q-3;+3. The average molecular weight is 1210 g/mol. The molecule has 0 unspecified atom stereocenters. The summed E-state index contributed by atoms with van der Waals surface area (Å²) in [6.45, 7) is 0. The van der Waals surface area contributed by atoms with Crippen LogP contribution >= 0.6 is 11.3 Å². The molecule has 0 aliphatic carbocycles. The minimum atomic E-state index is 0. The summed E-state index contributed by atoms with van der Waals surface area (Å²) < 4.78 is 1.24. The van der Waals surface area contributed by atoms with E-state index in [0.717, 1.165) is 116 Å². The number of fused-ring (bicyclic) bond motifs is 3. The fraction of sp³-hybridized carbons (Fsp3) is 0. The van der Waals surface area contributed by atoms with E-state index in [-0.39, 0.29) is 20.1 Å². The van der Waals surface area contributed by atoms with Crippen LogP contribution in [0.2, 0.25) is 0 Å². The van der Waals surface area contributed by atoms with Crippen LogP contribution in [0.5, 0.6) is 0 Å². The first-order valence-corrected chi connectivity index (χ1v) is 27.3. The quantitative estimate of drug-likeness (QED) is 0.121. The number of hydrogen-bond donors (Lipinski definition) is 0. The molecule has 80 heavy (non-hydrogen) atoms. The molecule has 4 aromatic heterocycles. The maximum atomic E-state index is 5.29. The zero-order valence-corrected chi connectivity index (χ0v) is 46.4. The van der Waals surface area contributed by atoms with Gasteiger partial charge in [0.1, 0.15) is 4.83 Å². The summed E-state index contributed by atoms with van der Waals surface area (Å²) in [5.74, 6) is 0. The molecule has 0 atom stereocenters. The van der Waals surface area contributed by atoms with E-state index < -0.39 is 0 Å². The third-order valence-electron chi connectivity index (χ3n) is 14.8. The minimum Gasteiger partial charge on any atom is -0.305 e. The number of aromatic nitrogens is 3. The number of hydrogen-bond acceptors (Lipinski definition) is 4. The van der Waals surface area contributed by atoms with Gasteiger partial charge in [0, 0.05) is 27.9 Å². The molecule has 3 nitrogen and oxygen atoms in total. The molecule has 0 bridgehead atoms. The normalized spacial score (nSPS) is 11.2. The van der Waals surface area contributed by atoms with Gasteiger partial charge in [-0.2, -0.15) is 0 Å². The predicted molar refractivity (Wildman–Crippen MR) is 329 cm³/mol. The van der Waals surface area contributed by atoms with Gasteiger partial charge in [0.2, 0.25) is 0 Å². The van der Waals surface area contributed by atoms with Crippen molar-refractivity contribution in [3.63, 3.8) is 0 Å². The molecule has 0 radical (unpaired) electrons. The molecule has 0 amide bonds. The Morgan fingerprint density at radius 2 is 0.738 bits per heavy atom. The molecule has 14 aromatic rings. The largest absolute Gasteiger partial charge is 3.00 e. The molecular weight excluding hydrogens is 1170 g/mol. The first kappa shape index (κ1) is 50.1. The zero-order valence-electron chi connectivity index (χ0n) is 43.1. The Balaban J connectivity index is 0.00000605. The molecule has 0 aliphatic heterocycles. The molecule has 10 aromatic carbocycles. The molecule has 0 saturated heterocycles. The van der Waals surface area contributed by atoms with Gasteiger partial charge in [0.15, 0.2) is 0 Å². The van der Waals surface area contributed by atoms with Crippen molar-refractivity contribution < 1.29 is 20.1 Å². The van der Waals surface area contributed by atoms with Crippen molar-refractivity contribution in [1.82, 2.24) is 15.0 Å². The van der Waals surface area contributed by atoms with Gasteiger partial charge in [0.05, 0.1) is 0 Å². The Bertz CT molecular complexity index is 4360. The van der Waals surface area contributed by atoms with Gasteiger partial charge in [-0.1, -0.05) is 221 Å². The van der Waals surface area contributed by atoms with Crippen LogP contribution in [0.1, 0.15) is 0 Å². The molecule has 0 aliphatic rings. The number of thiophene rings is 1. The van der Waals surface area contributed by atoms with Crippen molar-refractivity contribution in [3.8, 4) is 123 Å². The van der Waals surface area contributed by atoms with Crippen LogP contribution in [0, 0.1) is 18.2 Å². The molecule has 0 saturated carbocycles. The van der Waals surface area contributed by atoms with E-state index >= 15 is 0 Å². The third kappa shape index (κ3) is 9.80. The molecule has 0 N–H and O–H groups in total. The first-order chi connectivity index (χ1) is 39.1. The summed E-state index contributed by atoms with van der Waals surface area (Å²) in [5.41, 5.74) is 23.3. The van der Waals surface area contributed by atoms with Gasteiger partial charge in [-0.3, -0.25) is 4.98 Å². The first-order valence-electron chi connectivity index (χ1n) is 26.5. The molecule has 0 spiro atoms. The number of pyridine rings is 3. The van der Waals surface area contributed by atoms with E-state index in [0.29, 0.717) is 0 Å². The van der Waals surface area contributed by atoms with Crippen molar-refractivity contribution in [3.05, 3.63) is 298 Å². The zero-order chi connectivity index (χ0) is 52.5. The molecule has 4 heterocycles. The Kier molecular flexibility index (Phi) is 13.8. The molecule has 14 rings (SSSR count). The van der Waals surface area contributed by atoms with Gasteiger partial charge in [0.25, 0.3) is 0 Å². The van der Waals surface area contributed by atoms with Crippen molar-refractivity contribution >= 4 is 31.6 Å². The molecule has 376 valence electrons. The van der Waals surface area contributed by atoms with Gasteiger partial charge in [-0.15, -0.1) is 94.8 Å². The summed E-state index contributed by atoms with van der Waals surface area (Å²) in [4.78, 5) is 15.5. The summed E-state index contributed by atoms with van der Waals surface area (Å²) in [7, 11) is 0. The van der Waals surface area contributed by atoms with Crippen molar-refractivity contribution in [1.29, 1.82) is 0 Å². The van der Waals surface area contributed by atoms with E-state index in [1.165, 1.54) is 26.6 Å². The van der Waals surface area contributed by atoms with Crippen molar-refractivity contribution in [2.24, 2.45) is 0 Å². The molecule has 0 fully saturated rings. The molecule has 5 heteroatoms. The van der Waals surface area contributed by atoms with Crippen LogP contribution in [-0.4, -0.2) is 15.0 Å². The Hall–Kier alpha value is -9.48. The minimum absolute atomic E-state index is 0. The Morgan fingerprint density at radius 1 is 0.275 bits per heavy atom. The second-order valence-corrected chi connectivity index (χ2v) is 20.6. The van der Waals surface area contributed by atoms with Gasteiger partial charge in [-0.05, 0) is 104 Å². The van der Waals surface area contributed by atoms with Crippen LogP contribution < -0.4 is 0 Å². The van der Waals surface area contributed by atoms with E-state index in [1.807, 2.05) is 48.8 Å². The fourth-order valence-corrected chi connectivity index (χ4v) is 12.0. The number of rotatable bonds is 11. The fourth-order valence-electron chi connectivity index (χ4n) is 10.9. The van der Waals surface area contributed by atoms with Crippen LogP contribution in [-0.2, 0) is 20.1 Å². The second kappa shape index (κ2) is 22.1. The summed E-state index contributed by atoms with van der Waals surface area (Å²) >= 11 is 1.73. The van der Waals surface area contributed by atoms with Gasteiger partial charge >= 0.3 is 20.1 Å². The predicted octanol–water partition coefficient (Wildman–Crippen LogP) is 20.0. The van der Waals surface area contributed by atoms with Gasteiger partial charge < -0.3 is 9.97 Å². The van der Waals surface area contributed by atoms with E-state index in [2.05, 4.69) is 259 Å². The van der Waals surface area contributed by atoms with Crippen molar-refractivity contribution in [2.75, 3.05) is 0 Å². The SMILES string of the molecule is [Ir+3].[c-]1cc(-c2ccccc2-c2cc(-c3ccccc3-c3c[c-]c(-c4ccccn4)cc3)cc(-c3ccccc3-c3c[c-]c(-c4ccc5c(n4)sc4ccccc45)cc3-c3ccc(-c4ccccc4)cc3)c2)ccc1-c1ccccn1. The van der Waals surface area contributed by atoms with E-state index in [4.69, 9.17) is 4.98 Å². The summed E-state index contributed by atoms with van der Waals surface area (Å²) in [5, 5.41) is 2.41. The average Bonchev–Trinajstić information content (AvgIpc) is 4.08. The second-order valence-electron chi connectivity index (χ2n) is 19.6. The third-order valence-corrected chi connectivity index (χ3v) is 15.9. The summed E-state index contributed by atoms with van der Waals surface area (Å²) in [6.07, 6.45) is 3.65. The monoisotopic (exact) mass is 1210 g/mol. The van der Waals surface area contributed by atoms with E-state index in [9.17, 15) is 0 Å². The number of nitrogens with zero attached hydrogens (tertiary/aromatic N) is 3. The van der Waals surface area contributed by atoms with Crippen LogP contribution in [0.15, 0.2) is 279 Å². The maximum absolute atomic E-state index is 5.29. The van der Waals surface area contributed by atoms with Gasteiger partial charge in [-0.25, -0.2) is 0 Å². The molecular formula is C75H46IrN3S. The summed E-state index contributed by atoms with van der Waals surface area (Å²) in [6, 6.07) is 106. The number of benzene rings is 10. The van der Waals surface area contributed by atoms with Crippen LogP contribution in [0.25, 0.3) is 143 Å². The maximum Gasteiger partial charge on any atom is 3.00 e.